The number of aryl methyl sites for hydroxylation is 1. The first-order valence-electron chi connectivity index (χ1n) is 10.1. The Labute approximate surface area is 179 Å². The van der Waals surface area contributed by atoms with Crippen LogP contribution in [0.5, 0.6) is 0 Å². The fourth-order valence-corrected chi connectivity index (χ4v) is 3.62. The molecule has 0 spiro atoms. The second-order valence-electron chi connectivity index (χ2n) is 7.13. The summed E-state index contributed by atoms with van der Waals surface area (Å²) >= 11 is 0. The molecule has 31 heavy (non-hydrogen) atoms. The van der Waals surface area contributed by atoms with Crippen LogP contribution in [0.15, 0.2) is 73.1 Å². The van der Waals surface area contributed by atoms with E-state index in [9.17, 15) is 5.11 Å². The molecule has 0 aliphatic heterocycles. The van der Waals surface area contributed by atoms with Crippen LogP contribution < -0.4 is 0 Å². The van der Waals surface area contributed by atoms with E-state index in [1.807, 2.05) is 48.7 Å². The number of pyridine rings is 2. The number of hydrogen-bond donors (Lipinski definition) is 1. The average molecular weight is 408 g/mol. The van der Waals surface area contributed by atoms with Gasteiger partial charge in [0.1, 0.15) is 0 Å². The topological polar surface area (TPSA) is 89.6 Å². The van der Waals surface area contributed by atoms with Gasteiger partial charge in [0, 0.05) is 28.4 Å². The lowest BCUT2D eigenvalue weighted by Crippen LogP contribution is -2.02. The molecular formula is C24H20N6O. The van der Waals surface area contributed by atoms with Crippen LogP contribution in [0.4, 0.5) is 0 Å². The molecular weight excluding hydrogens is 388 g/mol. The lowest BCUT2D eigenvalue weighted by atomic mass is 10.0. The minimum Gasteiger partial charge on any atom is -0.390 e. The van der Waals surface area contributed by atoms with Crippen molar-refractivity contribution < 1.29 is 5.11 Å². The van der Waals surface area contributed by atoms with Crippen LogP contribution in [0.3, 0.4) is 0 Å². The van der Waals surface area contributed by atoms with E-state index in [1.54, 1.807) is 16.9 Å². The van der Waals surface area contributed by atoms with Crippen LogP contribution in [0.1, 0.15) is 18.3 Å². The third kappa shape index (κ3) is 3.55. The van der Waals surface area contributed by atoms with E-state index < -0.39 is 0 Å². The fraction of sp³-hybridized carbons (Fsp3) is 0.125. The molecule has 152 valence electrons. The van der Waals surface area contributed by atoms with Gasteiger partial charge < -0.3 is 5.11 Å². The first-order valence-corrected chi connectivity index (χ1v) is 10.1. The van der Waals surface area contributed by atoms with Crippen molar-refractivity contribution in [3.8, 4) is 28.3 Å². The first-order chi connectivity index (χ1) is 15.3. The normalized spacial score (nSPS) is 11.2. The average Bonchev–Trinajstić information content (AvgIpc) is 3.28. The third-order valence-electron chi connectivity index (χ3n) is 5.17. The lowest BCUT2D eigenvalue weighted by Gasteiger charge is -2.10. The number of benzene rings is 1. The number of fused-ring (bicyclic) bond motifs is 1. The lowest BCUT2D eigenvalue weighted by molar-refractivity contribution is 0.276. The smallest absolute Gasteiger partial charge is 0.154 e. The third-order valence-corrected chi connectivity index (χ3v) is 5.17. The molecule has 0 atom stereocenters. The Morgan fingerprint density at radius 3 is 2.55 bits per heavy atom. The molecule has 0 unspecified atom stereocenters. The van der Waals surface area contributed by atoms with Gasteiger partial charge >= 0.3 is 0 Å². The zero-order valence-electron chi connectivity index (χ0n) is 17.0. The molecule has 0 radical (unpaired) electrons. The molecule has 0 amide bonds. The van der Waals surface area contributed by atoms with Crippen LogP contribution >= 0.6 is 0 Å². The van der Waals surface area contributed by atoms with E-state index in [4.69, 9.17) is 4.98 Å². The standard InChI is InChI=1S/C24H20N6O/c1-2-17-6-3-8-21(27-17)16-12-19(22-9-5-11-25-29-22)20-14-26-30(23(20)13-16)24-10-4-7-18(15-31)28-24/h3-14,31H,2,15H2,1H3. The fourth-order valence-electron chi connectivity index (χ4n) is 3.62. The predicted molar refractivity (Wildman–Crippen MR) is 118 cm³/mol. The van der Waals surface area contributed by atoms with Crippen molar-refractivity contribution in [3.05, 3.63) is 84.4 Å². The highest BCUT2D eigenvalue weighted by Crippen LogP contribution is 2.33. The summed E-state index contributed by atoms with van der Waals surface area (Å²) in [7, 11) is 0. The number of aliphatic hydroxyl groups is 1. The largest absolute Gasteiger partial charge is 0.390 e. The first kappa shape index (κ1) is 19.0. The van der Waals surface area contributed by atoms with Crippen molar-refractivity contribution in [1.82, 2.24) is 29.9 Å². The van der Waals surface area contributed by atoms with Gasteiger partial charge in [-0.05, 0) is 55.0 Å². The van der Waals surface area contributed by atoms with Crippen molar-refractivity contribution in [3.63, 3.8) is 0 Å². The van der Waals surface area contributed by atoms with E-state index in [0.717, 1.165) is 45.5 Å². The molecule has 1 aromatic carbocycles. The van der Waals surface area contributed by atoms with Gasteiger partial charge in [-0.3, -0.25) is 4.98 Å². The SMILES string of the molecule is CCc1cccc(-c2cc(-c3cccnn3)c3cnn(-c4cccc(CO)n4)c3c2)n1. The number of aliphatic hydroxyl groups excluding tert-OH is 1. The van der Waals surface area contributed by atoms with E-state index in [0.29, 0.717) is 11.5 Å². The second-order valence-corrected chi connectivity index (χ2v) is 7.13. The van der Waals surface area contributed by atoms with Gasteiger partial charge in [0.15, 0.2) is 5.82 Å². The molecule has 4 heterocycles. The molecule has 5 aromatic rings. The summed E-state index contributed by atoms with van der Waals surface area (Å²) in [5, 5.41) is 23.4. The number of rotatable bonds is 5. The van der Waals surface area contributed by atoms with Gasteiger partial charge in [-0.1, -0.05) is 19.1 Å². The number of nitrogens with zero attached hydrogens (tertiary/aromatic N) is 6. The Morgan fingerprint density at radius 1 is 0.903 bits per heavy atom. The van der Waals surface area contributed by atoms with Crippen molar-refractivity contribution in [2.24, 2.45) is 0 Å². The Balaban J connectivity index is 1.78. The van der Waals surface area contributed by atoms with E-state index >= 15 is 0 Å². The zero-order valence-corrected chi connectivity index (χ0v) is 17.0. The van der Waals surface area contributed by atoms with Gasteiger partial charge in [0.2, 0.25) is 0 Å². The summed E-state index contributed by atoms with van der Waals surface area (Å²) in [6.45, 7) is 1.96. The van der Waals surface area contributed by atoms with Gasteiger partial charge in [-0.15, -0.1) is 0 Å². The molecule has 4 aromatic heterocycles. The van der Waals surface area contributed by atoms with Crippen LogP contribution in [-0.4, -0.2) is 35.1 Å². The molecule has 7 heteroatoms. The number of aromatic nitrogens is 6. The summed E-state index contributed by atoms with van der Waals surface area (Å²) in [6.07, 6.45) is 4.33. The van der Waals surface area contributed by atoms with Gasteiger partial charge in [0.25, 0.3) is 0 Å². The Kier molecular flexibility index (Phi) is 4.93. The Morgan fingerprint density at radius 2 is 1.74 bits per heavy atom. The minimum absolute atomic E-state index is 0.128. The highest BCUT2D eigenvalue weighted by molar-refractivity contribution is 5.97. The van der Waals surface area contributed by atoms with Gasteiger partial charge in [-0.2, -0.15) is 15.3 Å². The second kappa shape index (κ2) is 8.04. The summed E-state index contributed by atoms with van der Waals surface area (Å²) < 4.78 is 1.78. The highest BCUT2D eigenvalue weighted by Gasteiger charge is 2.16. The molecule has 7 nitrogen and oxygen atoms in total. The molecule has 0 bridgehead atoms. The zero-order chi connectivity index (χ0) is 21.2. The predicted octanol–water partition coefficient (Wildman–Crippen LogP) is 3.99. The van der Waals surface area contributed by atoms with E-state index in [1.165, 1.54) is 0 Å². The maximum atomic E-state index is 9.49. The molecule has 0 fully saturated rings. The van der Waals surface area contributed by atoms with E-state index in [-0.39, 0.29) is 6.61 Å². The monoisotopic (exact) mass is 408 g/mol. The van der Waals surface area contributed by atoms with Crippen molar-refractivity contribution in [2.75, 3.05) is 0 Å². The molecule has 0 saturated carbocycles. The van der Waals surface area contributed by atoms with Crippen molar-refractivity contribution >= 4 is 10.9 Å². The summed E-state index contributed by atoms with van der Waals surface area (Å²) in [6, 6.07) is 19.5. The quantitative estimate of drug-likeness (QED) is 0.473. The minimum atomic E-state index is -0.128. The van der Waals surface area contributed by atoms with Gasteiger partial charge in [-0.25, -0.2) is 9.67 Å². The van der Waals surface area contributed by atoms with Crippen molar-refractivity contribution in [1.29, 1.82) is 0 Å². The Bertz CT molecular complexity index is 1360. The molecule has 0 aliphatic rings. The van der Waals surface area contributed by atoms with Crippen LogP contribution in [0.2, 0.25) is 0 Å². The van der Waals surface area contributed by atoms with Crippen LogP contribution in [-0.2, 0) is 13.0 Å². The molecule has 0 aliphatic carbocycles. The summed E-state index contributed by atoms with van der Waals surface area (Å²) in [5.41, 5.74) is 6.03. The molecule has 0 saturated heterocycles. The van der Waals surface area contributed by atoms with Crippen LogP contribution in [0.25, 0.3) is 39.2 Å². The van der Waals surface area contributed by atoms with Crippen LogP contribution in [0, 0.1) is 0 Å². The van der Waals surface area contributed by atoms with E-state index in [2.05, 4.69) is 39.3 Å². The maximum absolute atomic E-state index is 9.49. The highest BCUT2D eigenvalue weighted by atomic mass is 16.3. The Hall–Kier alpha value is -3.97. The number of hydrogen-bond acceptors (Lipinski definition) is 6. The maximum Gasteiger partial charge on any atom is 0.154 e. The summed E-state index contributed by atoms with van der Waals surface area (Å²) in [4.78, 5) is 9.33. The summed E-state index contributed by atoms with van der Waals surface area (Å²) in [5.74, 6) is 0.638. The molecule has 5 rings (SSSR count). The molecule has 1 N–H and O–H groups in total. The van der Waals surface area contributed by atoms with Gasteiger partial charge in [0.05, 0.1) is 35.4 Å². The van der Waals surface area contributed by atoms with Crippen molar-refractivity contribution in [2.45, 2.75) is 20.0 Å².